The number of amides is 4. The lowest BCUT2D eigenvalue weighted by Gasteiger charge is -2.26. The molecule has 92 valence electrons. The van der Waals surface area contributed by atoms with E-state index in [0.29, 0.717) is 0 Å². The van der Waals surface area contributed by atoms with Gasteiger partial charge in [0.2, 0.25) is 5.91 Å². The van der Waals surface area contributed by atoms with Gasteiger partial charge in [-0.05, 0) is 0 Å². The Kier molecular flexibility index (Phi) is 2.93. The molecule has 0 aliphatic carbocycles. The zero-order chi connectivity index (χ0) is 13.3. The lowest BCUT2D eigenvalue weighted by molar-refractivity contribution is -0.139. The van der Waals surface area contributed by atoms with E-state index in [1.165, 1.54) is 19.2 Å². The summed E-state index contributed by atoms with van der Waals surface area (Å²) in [5.74, 6) is -3.79. The molecule has 0 spiro atoms. The highest BCUT2D eigenvalue weighted by molar-refractivity contribution is 6.29. The van der Waals surface area contributed by atoms with Crippen LogP contribution < -0.4 is 5.32 Å². The maximum absolute atomic E-state index is 12.1. The van der Waals surface area contributed by atoms with Gasteiger partial charge in [-0.25, -0.2) is 4.79 Å². The molecule has 6 heteroatoms. The Labute approximate surface area is 103 Å². The fourth-order valence-corrected chi connectivity index (χ4v) is 1.67. The molecule has 6 nitrogen and oxygen atoms in total. The lowest BCUT2D eigenvalue weighted by Crippen LogP contribution is -2.58. The van der Waals surface area contributed by atoms with E-state index in [1.54, 1.807) is 18.2 Å². The predicted molar refractivity (Wildman–Crippen MR) is 60.6 cm³/mol. The van der Waals surface area contributed by atoms with Gasteiger partial charge in [-0.2, -0.15) is 0 Å². The third-order valence-corrected chi connectivity index (χ3v) is 2.69. The Morgan fingerprint density at radius 2 is 1.78 bits per heavy atom. The second-order valence-electron chi connectivity index (χ2n) is 3.85. The summed E-state index contributed by atoms with van der Waals surface area (Å²) >= 11 is 0. The molecule has 2 rings (SSSR count). The normalized spacial score (nSPS) is 19.7. The van der Waals surface area contributed by atoms with Crippen LogP contribution in [0, 0.1) is 5.92 Å². The van der Waals surface area contributed by atoms with Crippen molar-refractivity contribution in [1.29, 1.82) is 0 Å². The van der Waals surface area contributed by atoms with Gasteiger partial charge < -0.3 is 0 Å². The summed E-state index contributed by atoms with van der Waals surface area (Å²) in [6.45, 7) is 0. The summed E-state index contributed by atoms with van der Waals surface area (Å²) in [5.41, 5.74) is 0.258. The molecule has 1 aromatic carbocycles. The number of barbiturate groups is 1. The highest BCUT2D eigenvalue weighted by Gasteiger charge is 2.43. The van der Waals surface area contributed by atoms with Gasteiger partial charge in [0.1, 0.15) is 0 Å². The molecule has 1 atom stereocenters. The van der Waals surface area contributed by atoms with Gasteiger partial charge >= 0.3 is 6.03 Å². The highest BCUT2D eigenvalue weighted by atomic mass is 16.2. The predicted octanol–water partition coefficient (Wildman–Crippen LogP) is 0.194. The average molecular weight is 246 g/mol. The molecule has 1 heterocycles. The molecular weight excluding hydrogens is 236 g/mol. The molecule has 0 bridgehead atoms. The van der Waals surface area contributed by atoms with Crippen molar-refractivity contribution in [3.8, 4) is 0 Å². The van der Waals surface area contributed by atoms with Crippen molar-refractivity contribution >= 4 is 23.6 Å². The Morgan fingerprint density at radius 3 is 2.39 bits per heavy atom. The number of nitrogens with one attached hydrogen (secondary N) is 1. The van der Waals surface area contributed by atoms with E-state index in [0.717, 1.165) is 4.90 Å². The third kappa shape index (κ3) is 1.88. The molecule has 1 aliphatic rings. The minimum absolute atomic E-state index is 0.258. The number of Topliss-reactive ketones (excluding diaryl/α,β-unsaturated/α-hetero) is 1. The largest absolute Gasteiger partial charge is 0.330 e. The fraction of sp³-hybridized carbons (Fsp3) is 0.167. The number of benzene rings is 1. The Bertz CT molecular complexity index is 538. The van der Waals surface area contributed by atoms with E-state index in [-0.39, 0.29) is 5.56 Å². The van der Waals surface area contributed by atoms with Crippen LogP contribution in [0.5, 0.6) is 0 Å². The van der Waals surface area contributed by atoms with Crippen molar-refractivity contribution < 1.29 is 19.2 Å². The molecule has 1 fully saturated rings. The number of rotatable bonds is 2. The first-order chi connectivity index (χ1) is 8.52. The minimum Gasteiger partial charge on any atom is -0.293 e. The van der Waals surface area contributed by atoms with Crippen molar-refractivity contribution in [2.75, 3.05) is 7.05 Å². The summed E-state index contributed by atoms with van der Waals surface area (Å²) in [6.07, 6.45) is 0. The van der Waals surface area contributed by atoms with Crippen molar-refractivity contribution in [2.24, 2.45) is 5.92 Å². The number of nitrogens with zero attached hydrogens (tertiary/aromatic N) is 1. The van der Waals surface area contributed by atoms with E-state index in [4.69, 9.17) is 0 Å². The minimum atomic E-state index is -1.49. The molecule has 1 saturated heterocycles. The first-order valence-electron chi connectivity index (χ1n) is 5.24. The van der Waals surface area contributed by atoms with Crippen LogP contribution in [0.1, 0.15) is 10.4 Å². The number of ketones is 1. The summed E-state index contributed by atoms with van der Waals surface area (Å²) < 4.78 is 0. The van der Waals surface area contributed by atoms with Gasteiger partial charge in [-0.1, -0.05) is 30.3 Å². The third-order valence-electron chi connectivity index (χ3n) is 2.69. The Morgan fingerprint density at radius 1 is 1.17 bits per heavy atom. The highest BCUT2D eigenvalue weighted by Crippen LogP contribution is 2.15. The van der Waals surface area contributed by atoms with E-state index < -0.39 is 29.5 Å². The molecule has 0 aromatic heterocycles. The molecule has 0 saturated carbocycles. The van der Waals surface area contributed by atoms with Crippen LogP contribution in [-0.4, -0.2) is 35.6 Å². The standard InChI is InChI=1S/C12H10N2O4/c1-14-11(17)8(10(16)13-12(14)18)9(15)7-5-3-2-4-6-7/h2-6,8H,1H3,(H,13,16,18)/t8-/m1/s1. The number of carbonyl (C=O) groups is 4. The zero-order valence-electron chi connectivity index (χ0n) is 9.54. The quantitative estimate of drug-likeness (QED) is 0.596. The molecule has 18 heavy (non-hydrogen) atoms. The summed E-state index contributed by atoms with van der Waals surface area (Å²) in [5, 5.41) is 1.97. The van der Waals surface area contributed by atoms with Crippen LogP contribution in [0.4, 0.5) is 4.79 Å². The molecule has 4 amide bonds. The molecule has 1 aromatic rings. The van der Waals surface area contributed by atoms with Crippen LogP contribution in [0.25, 0.3) is 0 Å². The first-order valence-corrected chi connectivity index (χ1v) is 5.24. The van der Waals surface area contributed by atoms with Crippen LogP contribution in [-0.2, 0) is 9.59 Å². The first kappa shape index (κ1) is 12.0. The summed E-state index contributed by atoms with van der Waals surface area (Å²) in [7, 11) is 1.22. The van der Waals surface area contributed by atoms with Gasteiger partial charge in [0.15, 0.2) is 11.7 Å². The van der Waals surface area contributed by atoms with Crippen molar-refractivity contribution in [1.82, 2.24) is 10.2 Å². The number of urea groups is 1. The summed E-state index contributed by atoms with van der Waals surface area (Å²) in [6, 6.07) is 7.19. The monoisotopic (exact) mass is 246 g/mol. The molecular formula is C12H10N2O4. The van der Waals surface area contributed by atoms with Crippen LogP contribution in [0.3, 0.4) is 0 Å². The zero-order valence-corrected chi connectivity index (χ0v) is 9.54. The Balaban J connectivity index is 2.33. The van der Waals surface area contributed by atoms with Crippen molar-refractivity contribution in [3.63, 3.8) is 0 Å². The molecule has 0 unspecified atom stereocenters. The van der Waals surface area contributed by atoms with Gasteiger partial charge in [-0.15, -0.1) is 0 Å². The average Bonchev–Trinajstić information content (AvgIpc) is 2.37. The number of imide groups is 2. The SMILES string of the molecule is CN1C(=O)NC(=O)[C@@H](C(=O)c2ccccc2)C1=O. The number of carbonyl (C=O) groups excluding carboxylic acids is 4. The van der Waals surface area contributed by atoms with E-state index >= 15 is 0 Å². The topological polar surface area (TPSA) is 83.6 Å². The van der Waals surface area contributed by atoms with E-state index in [2.05, 4.69) is 0 Å². The summed E-state index contributed by atoms with van der Waals surface area (Å²) in [4.78, 5) is 47.3. The van der Waals surface area contributed by atoms with Crippen LogP contribution in [0.15, 0.2) is 30.3 Å². The van der Waals surface area contributed by atoms with Crippen molar-refractivity contribution in [2.45, 2.75) is 0 Å². The van der Waals surface area contributed by atoms with Gasteiger partial charge in [0.25, 0.3) is 5.91 Å². The fourth-order valence-electron chi connectivity index (χ4n) is 1.67. The van der Waals surface area contributed by atoms with Crippen molar-refractivity contribution in [3.05, 3.63) is 35.9 Å². The van der Waals surface area contributed by atoms with Gasteiger partial charge in [0.05, 0.1) is 0 Å². The second-order valence-corrected chi connectivity index (χ2v) is 3.85. The van der Waals surface area contributed by atoms with Gasteiger partial charge in [-0.3, -0.25) is 24.6 Å². The Hall–Kier alpha value is -2.50. The van der Waals surface area contributed by atoms with E-state index in [9.17, 15) is 19.2 Å². The molecule has 1 N–H and O–H groups in total. The number of hydrogen-bond acceptors (Lipinski definition) is 4. The van der Waals surface area contributed by atoms with Crippen LogP contribution in [0.2, 0.25) is 0 Å². The number of hydrogen-bond donors (Lipinski definition) is 1. The maximum atomic E-state index is 12.1. The van der Waals surface area contributed by atoms with Crippen LogP contribution >= 0.6 is 0 Å². The van der Waals surface area contributed by atoms with Gasteiger partial charge in [0, 0.05) is 12.6 Å². The lowest BCUT2D eigenvalue weighted by atomic mass is 9.94. The molecule has 1 aliphatic heterocycles. The smallest absolute Gasteiger partial charge is 0.293 e. The maximum Gasteiger partial charge on any atom is 0.330 e. The van der Waals surface area contributed by atoms with E-state index in [1.807, 2.05) is 5.32 Å². The molecule has 0 radical (unpaired) electrons. The second kappa shape index (κ2) is 4.40.